The van der Waals surface area contributed by atoms with E-state index in [0.29, 0.717) is 0 Å². The van der Waals surface area contributed by atoms with Gasteiger partial charge in [-0.1, -0.05) is 0 Å². The molecule has 0 aromatic carbocycles. The molecule has 0 amide bonds. The summed E-state index contributed by atoms with van der Waals surface area (Å²) < 4.78 is 12.0. The summed E-state index contributed by atoms with van der Waals surface area (Å²) in [5.41, 5.74) is 7.10. The highest BCUT2D eigenvalue weighted by Gasteiger charge is 2.16. The topological polar surface area (TPSA) is 62.3 Å². The Morgan fingerprint density at radius 1 is 1.47 bits per heavy atom. The van der Waals surface area contributed by atoms with Crippen molar-refractivity contribution in [2.24, 2.45) is 12.8 Å². The molecule has 2 N–H and O–H groups in total. The van der Waals surface area contributed by atoms with Crippen LogP contribution in [0.15, 0.2) is 12.4 Å². The third-order valence-electron chi connectivity index (χ3n) is 2.34. The van der Waals surface area contributed by atoms with E-state index in [-0.39, 0.29) is 12.3 Å². The van der Waals surface area contributed by atoms with Crippen LogP contribution in [-0.4, -0.2) is 36.3 Å². The number of nitrogens with two attached hydrogens (primary N) is 1. The van der Waals surface area contributed by atoms with Gasteiger partial charge < -0.3 is 15.2 Å². The quantitative estimate of drug-likeness (QED) is 0.690. The summed E-state index contributed by atoms with van der Waals surface area (Å²) in [6.07, 6.45) is 5.21. The minimum absolute atomic E-state index is 0.111. The molecule has 1 unspecified atom stereocenters. The van der Waals surface area contributed by atoms with Crippen molar-refractivity contribution >= 4 is 0 Å². The molecule has 0 bridgehead atoms. The largest absolute Gasteiger partial charge is 0.354 e. The maximum absolute atomic E-state index is 5.92. The average molecular weight is 213 g/mol. The Kier molecular flexibility index (Phi) is 4.74. The highest BCUT2D eigenvalue weighted by Crippen LogP contribution is 2.07. The van der Waals surface area contributed by atoms with Gasteiger partial charge in [-0.2, -0.15) is 5.10 Å². The van der Waals surface area contributed by atoms with Crippen LogP contribution >= 0.6 is 0 Å². The van der Waals surface area contributed by atoms with Crippen molar-refractivity contribution in [3.05, 3.63) is 18.0 Å². The molecule has 1 atom stereocenters. The zero-order chi connectivity index (χ0) is 11.3. The first kappa shape index (κ1) is 12.2. The van der Waals surface area contributed by atoms with Gasteiger partial charge in [0, 0.05) is 27.5 Å². The molecule has 0 saturated carbocycles. The highest BCUT2D eigenvalue weighted by atomic mass is 16.7. The van der Waals surface area contributed by atoms with Crippen molar-refractivity contribution in [2.45, 2.75) is 25.2 Å². The molecule has 0 radical (unpaired) electrons. The third kappa shape index (κ3) is 3.62. The number of rotatable bonds is 6. The minimum Gasteiger partial charge on any atom is -0.354 e. The molecular formula is C10H19N3O2. The lowest BCUT2D eigenvalue weighted by atomic mass is 10.1. The normalized spacial score (nSPS) is 13.4. The van der Waals surface area contributed by atoms with Gasteiger partial charge in [-0.05, 0) is 18.4 Å². The van der Waals surface area contributed by atoms with Gasteiger partial charge in [-0.3, -0.25) is 4.68 Å². The van der Waals surface area contributed by atoms with Crippen molar-refractivity contribution in [1.29, 1.82) is 0 Å². The number of hydrogen-bond donors (Lipinski definition) is 1. The van der Waals surface area contributed by atoms with Gasteiger partial charge in [0.1, 0.15) is 0 Å². The summed E-state index contributed by atoms with van der Waals surface area (Å²) >= 11 is 0. The number of aryl methyl sites for hydroxylation is 2. The second-order valence-corrected chi connectivity index (χ2v) is 3.56. The fourth-order valence-electron chi connectivity index (χ4n) is 1.52. The van der Waals surface area contributed by atoms with E-state index in [0.717, 1.165) is 12.8 Å². The van der Waals surface area contributed by atoms with Crippen LogP contribution in [0, 0.1) is 0 Å². The van der Waals surface area contributed by atoms with E-state index in [9.17, 15) is 0 Å². The maximum Gasteiger partial charge on any atom is 0.171 e. The van der Waals surface area contributed by atoms with Crippen LogP contribution in [-0.2, 0) is 22.9 Å². The van der Waals surface area contributed by atoms with Crippen LogP contribution in [0.2, 0.25) is 0 Å². The van der Waals surface area contributed by atoms with Gasteiger partial charge in [0.05, 0.1) is 12.2 Å². The lowest BCUT2D eigenvalue weighted by molar-refractivity contribution is -0.117. The molecule has 1 rings (SSSR count). The van der Waals surface area contributed by atoms with Crippen molar-refractivity contribution in [3.8, 4) is 0 Å². The maximum atomic E-state index is 5.92. The van der Waals surface area contributed by atoms with Crippen molar-refractivity contribution in [1.82, 2.24) is 9.78 Å². The Hall–Kier alpha value is -0.910. The van der Waals surface area contributed by atoms with Gasteiger partial charge in [-0.15, -0.1) is 0 Å². The molecule has 86 valence electrons. The predicted molar refractivity (Wildman–Crippen MR) is 57.3 cm³/mol. The predicted octanol–water partition coefficient (Wildman–Crippen LogP) is 0.299. The summed E-state index contributed by atoms with van der Waals surface area (Å²) in [5.74, 6) is 0. The SMILES string of the molecule is COC(OC)C(N)CCc1cnn(C)c1. The second-order valence-electron chi connectivity index (χ2n) is 3.56. The van der Waals surface area contributed by atoms with Gasteiger partial charge in [0.25, 0.3) is 0 Å². The summed E-state index contributed by atoms with van der Waals surface area (Å²) in [4.78, 5) is 0. The monoisotopic (exact) mass is 213 g/mol. The number of nitrogens with zero attached hydrogens (tertiary/aromatic N) is 2. The van der Waals surface area contributed by atoms with Gasteiger partial charge in [0.15, 0.2) is 6.29 Å². The van der Waals surface area contributed by atoms with E-state index in [1.807, 2.05) is 19.4 Å². The number of aromatic nitrogens is 2. The van der Waals surface area contributed by atoms with E-state index >= 15 is 0 Å². The van der Waals surface area contributed by atoms with Crippen LogP contribution < -0.4 is 5.73 Å². The Labute approximate surface area is 90.2 Å². The standard InChI is InChI=1S/C10H19N3O2/c1-13-7-8(6-12-13)4-5-9(11)10(14-2)15-3/h6-7,9-10H,4-5,11H2,1-3H3. The van der Waals surface area contributed by atoms with Crippen molar-refractivity contribution in [2.75, 3.05) is 14.2 Å². The Balaban J connectivity index is 2.36. The minimum atomic E-state index is -0.332. The third-order valence-corrected chi connectivity index (χ3v) is 2.34. The van der Waals surface area contributed by atoms with Crippen LogP contribution in [0.4, 0.5) is 0 Å². The molecule has 1 aromatic rings. The summed E-state index contributed by atoms with van der Waals surface area (Å²) in [6.45, 7) is 0. The number of hydrogen-bond acceptors (Lipinski definition) is 4. The summed E-state index contributed by atoms with van der Waals surface area (Å²) in [5, 5.41) is 4.09. The first-order valence-electron chi connectivity index (χ1n) is 4.96. The molecule has 0 aliphatic heterocycles. The number of methoxy groups -OCH3 is 2. The average Bonchev–Trinajstić information content (AvgIpc) is 2.63. The first-order valence-corrected chi connectivity index (χ1v) is 4.96. The molecule has 5 nitrogen and oxygen atoms in total. The Bertz CT molecular complexity index is 284. The van der Waals surface area contributed by atoms with E-state index in [1.165, 1.54) is 5.56 Å². The van der Waals surface area contributed by atoms with E-state index < -0.39 is 0 Å². The molecule has 0 saturated heterocycles. The first-order chi connectivity index (χ1) is 7.17. The van der Waals surface area contributed by atoms with Crippen molar-refractivity contribution in [3.63, 3.8) is 0 Å². The lowest BCUT2D eigenvalue weighted by Crippen LogP contribution is -2.37. The fraction of sp³-hybridized carbons (Fsp3) is 0.700. The summed E-state index contributed by atoms with van der Waals surface area (Å²) in [6, 6.07) is -0.111. The molecule has 15 heavy (non-hydrogen) atoms. The molecule has 0 aliphatic rings. The van der Waals surface area contributed by atoms with Crippen LogP contribution in [0.25, 0.3) is 0 Å². The van der Waals surface area contributed by atoms with Gasteiger partial charge >= 0.3 is 0 Å². The van der Waals surface area contributed by atoms with Crippen molar-refractivity contribution < 1.29 is 9.47 Å². The van der Waals surface area contributed by atoms with Crippen LogP contribution in [0.3, 0.4) is 0 Å². The van der Waals surface area contributed by atoms with E-state index in [1.54, 1.807) is 18.9 Å². The Morgan fingerprint density at radius 3 is 2.60 bits per heavy atom. The summed E-state index contributed by atoms with van der Waals surface area (Å²) in [7, 11) is 5.09. The lowest BCUT2D eigenvalue weighted by Gasteiger charge is -2.20. The van der Waals surface area contributed by atoms with Gasteiger partial charge in [0.2, 0.25) is 0 Å². The van der Waals surface area contributed by atoms with Crippen LogP contribution in [0.5, 0.6) is 0 Å². The zero-order valence-corrected chi connectivity index (χ0v) is 9.51. The van der Waals surface area contributed by atoms with E-state index in [4.69, 9.17) is 15.2 Å². The molecule has 0 spiro atoms. The molecule has 1 aromatic heterocycles. The zero-order valence-electron chi connectivity index (χ0n) is 9.51. The molecule has 5 heteroatoms. The second kappa shape index (κ2) is 5.85. The molecule has 0 fully saturated rings. The number of ether oxygens (including phenoxy) is 2. The molecule has 1 heterocycles. The van der Waals surface area contributed by atoms with Crippen LogP contribution in [0.1, 0.15) is 12.0 Å². The highest BCUT2D eigenvalue weighted by molar-refractivity contribution is 5.03. The molecule has 0 aliphatic carbocycles. The smallest absolute Gasteiger partial charge is 0.171 e. The fourth-order valence-corrected chi connectivity index (χ4v) is 1.52. The van der Waals surface area contributed by atoms with E-state index in [2.05, 4.69) is 5.10 Å². The van der Waals surface area contributed by atoms with Gasteiger partial charge in [-0.25, -0.2) is 0 Å². The Morgan fingerprint density at radius 2 is 2.13 bits per heavy atom. The molecular weight excluding hydrogens is 194 g/mol.